The Labute approximate surface area is 132 Å². The summed E-state index contributed by atoms with van der Waals surface area (Å²) in [6.45, 7) is 5.31. The van der Waals surface area contributed by atoms with Crippen LogP contribution in [-0.2, 0) is 9.84 Å². The van der Waals surface area contributed by atoms with Crippen molar-refractivity contribution in [3.8, 4) is 0 Å². The molecule has 0 bridgehead atoms. The van der Waals surface area contributed by atoms with Crippen LogP contribution >= 0.6 is 11.8 Å². The molecule has 1 aromatic carbocycles. The summed E-state index contributed by atoms with van der Waals surface area (Å²) in [5, 5.41) is -0.439. The van der Waals surface area contributed by atoms with Crippen LogP contribution in [-0.4, -0.2) is 49.5 Å². The van der Waals surface area contributed by atoms with Crippen LogP contribution in [0.1, 0.15) is 22.7 Å². The largest absolute Gasteiger partial charge is 0.329 e. The molecule has 0 radical (unpaired) electrons. The van der Waals surface area contributed by atoms with Crippen molar-refractivity contribution in [1.29, 1.82) is 0 Å². The van der Waals surface area contributed by atoms with Crippen LogP contribution in [0.15, 0.2) is 18.2 Å². The molecular formula is C15H24N2O2S2. The third-order valence-corrected chi connectivity index (χ3v) is 6.53. The van der Waals surface area contributed by atoms with E-state index in [4.69, 9.17) is 5.73 Å². The molecule has 0 saturated carbocycles. The van der Waals surface area contributed by atoms with Gasteiger partial charge in [-0.2, -0.15) is 11.8 Å². The molecule has 1 fully saturated rings. The maximum Gasteiger partial charge on any atom is 0.164 e. The Balaban J connectivity index is 2.38. The fourth-order valence-corrected chi connectivity index (χ4v) is 5.91. The maximum atomic E-state index is 12.1. The summed E-state index contributed by atoms with van der Waals surface area (Å²) in [4.78, 5) is 2.07. The number of sulfone groups is 1. The van der Waals surface area contributed by atoms with E-state index in [2.05, 4.69) is 36.9 Å². The first-order valence-corrected chi connectivity index (χ1v) is 10.2. The van der Waals surface area contributed by atoms with Crippen molar-refractivity contribution in [2.45, 2.75) is 25.3 Å². The minimum Gasteiger partial charge on any atom is -0.329 e. The van der Waals surface area contributed by atoms with E-state index in [-0.39, 0.29) is 6.04 Å². The van der Waals surface area contributed by atoms with Gasteiger partial charge in [0, 0.05) is 36.9 Å². The molecule has 0 amide bonds. The minimum atomic E-state index is -3.11. The summed E-state index contributed by atoms with van der Waals surface area (Å²) in [5.41, 5.74) is 9.49. The van der Waals surface area contributed by atoms with Crippen molar-refractivity contribution < 1.29 is 8.42 Å². The highest BCUT2D eigenvalue weighted by molar-refractivity contribution is 8.00. The predicted molar refractivity (Wildman–Crippen MR) is 90.4 cm³/mol. The second-order valence-electron chi connectivity index (χ2n) is 5.77. The molecule has 1 saturated heterocycles. The molecule has 0 spiro atoms. The van der Waals surface area contributed by atoms with E-state index in [0.29, 0.717) is 12.3 Å². The van der Waals surface area contributed by atoms with Gasteiger partial charge in [-0.1, -0.05) is 29.3 Å². The molecule has 118 valence electrons. The highest BCUT2D eigenvalue weighted by Crippen LogP contribution is 2.30. The number of benzene rings is 1. The molecule has 1 aromatic rings. The zero-order chi connectivity index (χ0) is 15.6. The van der Waals surface area contributed by atoms with Crippen molar-refractivity contribution in [2.75, 3.05) is 30.9 Å². The summed E-state index contributed by atoms with van der Waals surface area (Å²) >= 11 is 1.70. The first kappa shape index (κ1) is 16.8. The SMILES string of the molecule is Cc1cc(C)cc(C(CN)N2CCSCC2S(C)(=O)=O)c1. The number of hydrogen-bond acceptors (Lipinski definition) is 5. The van der Waals surface area contributed by atoms with Crippen molar-refractivity contribution in [3.63, 3.8) is 0 Å². The molecule has 21 heavy (non-hydrogen) atoms. The lowest BCUT2D eigenvalue weighted by atomic mass is 10.00. The summed E-state index contributed by atoms with van der Waals surface area (Å²) < 4.78 is 24.2. The maximum absolute atomic E-state index is 12.1. The standard InChI is InChI=1S/C15H24N2O2S2/c1-11-6-12(2)8-13(7-11)14(9-16)17-4-5-20-10-15(17)21(3,18)19/h6-8,14-15H,4-5,9-10,16H2,1-3H3. The minimum absolute atomic E-state index is 0.0378. The molecule has 6 heteroatoms. The average Bonchev–Trinajstić information content (AvgIpc) is 2.38. The lowest BCUT2D eigenvalue weighted by molar-refractivity contribution is 0.198. The molecule has 0 aromatic heterocycles. The lowest BCUT2D eigenvalue weighted by Crippen LogP contribution is -2.50. The Kier molecular flexibility index (Phi) is 5.35. The first-order chi connectivity index (χ1) is 9.82. The molecule has 1 heterocycles. The molecule has 2 rings (SSSR count). The highest BCUT2D eigenvalue weighted by atomic mass is 32.2. The highest BCUT2D eigenvalue weighted by Gasteiger charge is 2.35. The Bertz CT molecular complexity index is 581. The lowest BCUT2D eigenvalue weighted by Gasteiger charge is -2.39. The van der Waals surface area contributed by atoms with Crippen molar-refractivity contribution >= 4 is 21.6 Å². The molecule has 2 atom stereocenters. The predicted octanol–water partition coefficient (Wildman–Crippen LogP) is 1.72. The second-order valence-corrected chi connectivity index (χ2v) is 9.12. The summed E-state index contributed by atoms with van der Waals surface area (Å²) in [7, 11) is -3.11. The van der Waals surface area contributed by atoms with Gasteiger partial charge in [-0.25, -0.2) is 8.42 Å². The molecule has 1 aliphatic heterocycles. The normalized spacial score (nSPS) is 22.2. The van der Waals surface area contributed by atoms with Gasteiger partial charge in [0.05, 0.1) is 0 Å². The number of thioether (sulfide) groups is 1. The van der Waals surface area contributed by atoms with Gasteiger partial charge in [0.2, 0.25) is 0 Å². The van der Waals surface area contributed by atoms with Gasteiger partial charge in [0.25, 0.3) is 0 Å². The van der Waals surface area contributed by atoms with E-state index in [1.807, 2.05) is 0 Å². The van der Waals surface area contributed by atoms with Crippen molar-refractivity contribution in [1.82, 2.24) is 4.90 Å². The third kappa shape index (κ3) is 4.00. The number of hydrogen-bond donors (Lipinski definition) is 1. The van der Waals surface area contributed by atoms with E-state index in [0.717, 1.165) is 17.9 Å². The van der Waals surface area contributed by atoms with Gasteiger partial charge in [0.1, 0.15) is 5.37 Å². The van der Waals surface area contributed by atoms with Gasteiger partial charge in [-0.05, 0) is 19.4 Å². The fourth-order valence-electron chi connectivity index (χ4n) is 2.99. The van der Waals surface area contributed by atoms with Crippen LogP contribution in [0.2, 0.25) is 0 Å². The van der Waals surface area contributed by atoms with Crippen LogP contribution in [0.5, 0.6) is 0 Å². The Hall–Kier alpha value is -0.560. The smallest absolute Gasteiger partial charge is 0.164 e. The van der Waals surface area contributed by atoms with E-state index in [1.54, 1.807) is 11.8 Å². The Morgan fingerprint density at radius 1 is 1.33 bits per heavy atom. The van der Waals surface area contributed by atoms with E-state index in [1.165, 1.54) is 17.4 Å². The number of nitrogens with two attached hydrogens (primary N) is 1. The van der Waals surface area contributed by atoms with Gasteiger partial charge >= 0.3 is 0 Å². The average molecular weight is 329 g/mol. The summed E-state index contributed by atoms with van der Waals surface area (Å²) in [5.74, 6) is 1.58. The zero-order valence-corrected chi connectivity index (χ0v) is 14.5. The van der Waals surface area contributed by atoms with Crippen LogP contribution in [0.25, 0.3) is 0 Å². The van der Waals surface area contributed by atoms with E-state index >= 15 is 0 Å². The molecule has 0 aliphatic carbocycles. The molecule has 1 aliphatic rings. The molecule has 4 nitrogen and oxygen atoms in total. The number of nitrogens with zero attached hydrogens (tertiary/aromatic N) is 1. The monoisotopic (exact) mass is 328 g/mol. The van der Waals surface area contributed by atoms with Crippen LogP contribution < -0.4 is 5.73 Å². The summed E-state index contributed by atoms with van der Waals surface area (Å²) in [6.07, 6.45) is 1.33. The van der Waals surface area contributed by atoms with E-state index in [9.17, 15) is 8.42 Å². The van der Waals surface area contributed by atoms with Gasteiger partial charge < -0.3 is 5.73 Å². The number of rotatable bonds is 4. The second kappa shape index (κ2) is 6.69. The summed E-state index contributed by atoms with van der Waals surface area (Å²) in [6, 6.07) is 6.32. The van der Waals surface area contributed by atoms with Gasteiger partial charge in [-0.15, -0.1) is 0 Å². The zero-order valence-electron chi connectivity index (χ0n) is 12.9. The quantitative estimate of drug-likeness (QED) is 0.912. The van der Waals surface area contributed by atoms with Gasteiger partial charge in [-0.3, -0.25) is 4.90 Å². The van der Waals surface area contributed by atoms with Crippen LogP contribution in [0.4, 0.5) is 0 Å². The van der Waals surface area contributed by atoms with Crippen molar-refractivity contribution in [2.24, 2.45) is 5.73 Å². The van der Waals surface area contributed by atoms with Gasteiger partial charge in [0.15, 0.2) is 9.84 Å². The Morgan fingerprint density at radius 3 is 2.48 bits per heavy atom. The number of aryl methyl sites for hydroxylation is 2. The molecule has 2 N–H and O–H groups in total. The molecule has 2 unspecified atom stereocenters. The van der Waals surface area contributed by atoms with Crippen LogP contribution in [0.3, 0.4) is 0 Å². The Morgan fingerprint density at radius 2 is 1.95 bits per heavy atom. The third-order valence-electron chi connectivity index (χ3n) is 3.87. The topological polar surface area (TPSA) is 63.4 Å². The van der Waals surface area contributed by atoms with E-state index < -0.39 is 15.2 Å². The van der Waals surface area contributed by atoms with Crippen molar-refractivity contribution in [3.05, 3.63) is 34.9 Å². The molecular weight excluding hydrogens is 304 g/mol. The fraction of sp³-hybridized carbons (Fsp3) is 0.600. The first-order valence-electron chi connectivity index (χ1n) is 7.13. The van der Waals surface area contributed by atoms with Crippen LogP contribution in [0, 0.1) is 13.8 Å².